The highest BCUT2D eigenvalue weighted by molar-refractivity contribution is 9.10. The molecule has 0 bridgehead atoms. The van der Waals surface area contributed by atoms with Gasteiger partial charge in [0, 0.05) is 29.5 Å². The Morgan fingerprint density at radius 2 is 2.07 bits per heavy atom. The molecular weight excluding hydrogens is 446 g/mol. The van der Waals surface area contributed by atoms with Crippen molar-refractivity contribution in [3.05, 3.63) is 45.7 Å². The van der Waals surface area contributed by atoms with Crippen LogP contribution in [-0.2, 0) is 13.0 Å². The topological polar surface area (TPSA) is 61.5 Å². The third-order valence-electron chi connectivity index (χ3n) is 5.11. The lowest BCUT2D eigenvalue weighted by Crippen LogP contribution is -2.46. The smallest absolute Gasteiger partial charge is 0.329 e. The number of pyridine rings is 1. The molecule has 0 unspecified atom stereocenters. The second-order valence-electron chi connectivity index (χ2n) is 6.88. The van der Waals surface area contributed by atoms with Gasteiger partial charge in [-0.05, 0) is 34.0 Å². The summed E-state index contributed by atoms with van der Waals surface area (Å²) < 4.78 is 36.2. The lowest BCUT2D eigenvalue weighted by atomic mass is 10.0. The number of nitrogens with one attached hydrogen (secondary N) is 1. The highest BCUT2D eigenvalue weighted by atomic mass is 79.9. The molecule has 3 heterocycles. The van der Waals surface area contributed by atoms with Crippen LogP contribution in [0.1, 0.15) is 24.5 Å². The summed E-state index contributed by atoms with van der Waals surface area (Å²) in [5, 5.41) is 0.747. The number of aromatic amines is 1. The number of H-pyrrole nitrogens is 1. The molecule has 0 spiro atoms. The van der Waals surface area contributed by atoms with Crippen LogP contribution in [0.5, 0.6) is 5.75 Å². The monoisotopic (exact) mass is 464 g/mol. The van der Waals surface area contributed by atoms with Crippen LogP contribution < -0.4 is 14.5 Å². The van der Waals surface area contributed by atoms with E-state index in [0.29, 0.717) is 35.3 Å². The number of benzene rings is 1. The van der Waals surface area contributed by atoms with Gasteiger partial charge < -0.3 is 9.72 Å². The number of urea groups is 1. The van der Waals surface area contributed by atoms with Crippen LogP contribution in [0, 0.1) is 11.6 Å². The van der Waals surface area contributed by atoms with Gasteiger partial charge in [-0.3, -0.25) is 9.80 Å². The molecule has 2 amide bonds. The number of aromatic nitrogens is 2. The molecule has 2 aromatic heterocycles. The molecule has 0 saturated heterocycles. The number of ether oxygens (including phenoxy) is 1. The molecular formula is C20H19BrF2N4O2. The SMILES string of the molecule is CCCc1cc(OC)c(F)c(N2Cc3cnc4[nH]cc(Br)c4c3N(C)C2=O)c1F. The molecule has 152 valence electrons. The first-order chi connectivity index (χ1) is 13.9. The van der Waals surface area contributed by atoms with E-state index >= 15 is 8.78 Å². The highest BCUT2D eigenvalue weighted by Crippen LogP contribution is 2.41. The summed E-state index contributed by atoms with van der Waals surface area (Å²) in [6.07, 6.45) is 4.42. The van der Waals surface area contributed by atoms with Crippen molar-refractivity contribution >= 4 is 44.4 Å². The molecule has 6 nitrogen and oxygen atoms in total. The van der Waals surface area contributed by atoms with Gasteiger partial charge in [0.05, 0.1) is 24.7 Å². The van der Waals surface area contributed by atoms with E-state index in [0.717, 1.165) is 14.8 Å². The van der Waals surface area contributed by atoms with E-state index in [-0.39, 0.29) is 12.3 Å². The molecule has 1 aliphatic heterocycles. The third kappa shape index (κ3) is 2.95. The van der Waals surface area contributed by atoms with Crippen molar-refractivity contribution in [1.29, 1.82) is 0 Å². The number of halogens is 3. The zero-order valence-electron chi connectivity index (χ0n) is 16.1. The van der Waals surface area contributed by atoms with E-state index < -0.39 is 23.4 Å². The summed E-state index contributed by atoms with van der Waals surface area (Å²) in [4.78, 5) is 23.0. The fourth-order valence-corrected chi connectivity index (χ4v) is 4.25. The number of aryl methyl sites for hydroxylation is 1. The molecule has 4 rings (SSSR count). The Hall–Kier alpha value is -2.68. The summed E-state index contributed by atoms with van der Waals surface area (Å²) in [7, 11) is 2.90. The number of hydrogen-bond acceptors (Lipinski definition) is 3. The van der Waals surface area contributed by atoms with Crippen molar-refractivity contribution in [3.63, 3.8) is 0 Å². The van der Waals surface area contributed by atoms with Gasteiger partial charge in [0.2, 0.25) is 0 Å². The van der Waals surface area contributed by atoms with Crippen LogP contribution in [0.15, 0.2) is 22.9 Å². The van der Waals surface area contributed by atoms with Gasteiger partial charge in [-0.2, -0.15) is 0 Å². The van der Waals surface area contributed by atoms with Crippen LogP contribution in [0.3, 0.4) is 0 Å². The summed E-state index contributed by atoms with van der Waals surface area (Å²) in [5.74, 6) is -1.73. The Labute approximate surface area is 174 Å². The van der Waals surface area contributed by atoms with E-state index in [1.54, 1.807) is 19.4 Å². The van der Waals surface area contributed by atoms with Crippen molar-refractivity contribution in [1.82, 2.24) is 9.97 Å². The Morgan fingerprint density at radius 1 is 1.31 bits per heavy atom. The van der Waals surface area contributed by atoms with Crippen LogP contribution in [-0.4, -0.2) is 30.2 Å². The van der Waals surface area contributed by atoms with Gasteiger partial charge in [0.25, 0.3) is 0 Å². The molecule has 0 saturated carbocycles. The molecule has 9 heteroatoms. The normalized spacial score (nSPS) is 13.9. The molecule has 29 heavy (non-hydrogen) atoms. The van der Waals surface area contributed by atoms with Crippen molar-refractivity contribution < 1.29 is 18.3 Å². The van der Waals surface area contributed by atoms with Crippen LogP contribution in [0.2, 0.25) is 0 Å². The predicted molar refractivity (Wildman–Crippen MR) is 111 cm³/mol. The molecule has 0 radical (unpaired) electrons. The van der Waals surface area contributed by atoms with Gasteiger partial charge in [-0.15, -0.1) is 0 Å². The molecule has 0 atom stereocenters. The maximum absolute atomic E-state index is 15.2. The summed E-state index contributed by atoms with van der Waals surface area (Å²) in [6, 6.07) is 0.817. The number of methoxy groups -OCH3 is 1. The first-order valence-electron chi connectivity index (χ1n) is 9.13. The zero-order valence-corrected chi connectivity index (χ0v) is 17.7. The number of anilines is 2. The number of amides is 2. The minimum atomic E-state index is -0.896. The molecule has 0 fully saturated rings. The van der Waals surface area contributed by atoms with Gasteiger partial charge >= 0.3 is 6.03 Å². The number of rotatable bonds is 4. The third-order valence-corrected chi connectivity index (χ3v) is 5.74. The van der Waals surface area contributed by atoms with E-state index in [1.807, 2.05) is 6.92 Å². The van der Waals surface area contributed by atoms with E-state index in [1.165, 1.54) is 18.1 Å². The Morgan fingerprint density at radius 3 is 2.76 bits per heavy atom. The van der Waals surface area contributed by atoms with Gasteiger partial charge in [-0.1, -0.05) is 13.3 Å². The average Bonchev–Trinajstić information content (AvgIpc) is 3.08. The maximum atomic E-state index is 15.2. The first kappa shape index (κ1) is 19.6. The Kier molecular flexibility index (Phi) is 4.94. The lowest BCUT2D eigenvalue weighted by molar-refractivity contribution is 0.250. The predicted octanol–water partition coefficient (Wildman–Crippen LogP) is 5.14. The Balaban J connectivity index is 1.90. The van der Waals surface area contributed by atoms with Crippen LogP contribution >= 0.6 is 15.9 Å². The fourth-order valence-electron chi connectivity index (χ4n) is 3.76. The molecule has 1 N–H and O–H groups in total. The second kappa shape index (κ2) is 7.29. The van der Waals surface area contributed by atoms with E-state index in [4.69, 9.17) is 4.74 Å². The summed E-state index contributed by atoms with van der Waals surface area (Å²) >= 11 is 3.46. The number of carbonyl (C=O) groups excluding carboxylic acids is 1. The number of fused-ring (bicyclic) bond motifs is 3. The zero-order chi connectivity index (χ0) is 20.9. The van der Waals surface area contributed by atoms with Gasteiger partial charge in [-0.25, -0.2) is 18.6 Å². The highest BCUT2D eigenvalue weighted by Gasteiger charge is 2.36. The molecule has 1 aliphatic rings. The lowest BCUT2D eigenvalue weighted by Gasteiger charge is -2.36. The van der Waals surface area contributed by atoms with Crippen molar-refractivity contribution in [2.45, 2.75) is 26.3 Å². The second-order valence-corrected chi connectivity index (χ2v) is 7.74. The average molecular weight is 465 g/mol. The first-order valence-corrected chi connectivity index (χ1v) is 9.92. The summed E-state index contributed by atoms with van der Waals surface area (Å²) in [5.41, 5.74) is 1.86. The molecule has 1 aromatic carbocycles. The van der Waals surface area contributed by atoms with E-state index in [2.05, 4.69) is 25.9 Å². The van der Waals surface area contributed by atoms with Gasteiger partial charge in [0.15, 0.2) is 17.4 Å². The Bertz CT molecular complexity index is 1130. The number of carbonyl (C=O) groups is 1. The maximum Gasteiger partial charge on any atom is 0.329 e. The minimum absolute atomic E-state index is 0.00829. The number of nitrogens with zero attached hydrogens (tertiary/aromatic N) is 3. The quantitative estimate of drug-likeness (QED) is 0.581. The largest absolute Gasteiger partial charge is 0.494 e. The fraction of sp³-hybridized carbons (Fsp3) is 0.300. The molecule has 0 aliphatic carbocycles. The summed E-state index contributed by atoms with van der Waals surface area (Å²) in [6.45, 7) is 1.89. The van der Waals surface area contributed by atoms with Gasteiger partial charge in [0.1, 0.15) is 11.3 Å². The van der Waals surface area contributed by atoms with Crippen molar-refractivity contribution in [2.24, 2.45) is 0 Å². The van der Waals surface area contributed by atoms with E-state index in [9.17, 15) is 4.79 Å². The van der Waals surface area contributed by atoms with Crippen molar-refractivity contribution in [2.75, 3.05) is 24.0 Å². The van der Waals surface area contributed by atoms with Crippen LogP contribution in [0.25, 0.3) is 11.0 Å². The molecule has 3 aromatic rings. The van der Waals surface area contributed by atoms with Crippen LogP contribution in [0.4, 0.5) is 25.0 Å². The minimum Gasteiger partial charge on any atom is -0.494 e. The standard InChI is InChI=1S/C20H19BrF2N4O2/c1-4-5-10-6-13(29-3)16(23)18(15(10)22)27-9-11-7-24-19-14(12(21)8-25-19)17(11)26(2)20(27)28/h6-8H,4-5,9H2,1-3H3,(H,24,25). The van der Waals surface area contributed by atoms with Crippen molar-refractivity contribution in [3.8, 4) is 5.75 Å². The number of hydrogen-bond donors (Lipinski definition) is 1.